The van der Waals surface area contributed by atoms with Crippen LogP contribution in [0.25, 0.3) is 33.3 Å². The van der Waals surface area contributed by atoms with Gasteiger partial charge in [-0.1, -0.05) is 64.2 Å². The van der Waals surface area contributed by atoms with Gasteiger partial charge in [0.25, 0.3) is 0 Å². The molecule has 0 saturated carbocycles. The Morgan fingerprint density at radius 1 is 0.679 bits per heavy atom. The number of nitrogens with zero attached hydrogens (tertiary/aromatic N) is 4. The standard InChI is InChI=1S/C23H20N4S/c1-11(2)15-18-19(25-10-9-24-18)16(12(3)4)21-20(15)26-17-13-7-5-6-8-14(13)23(28)22(17)27-21/h5-12H,1-4H3. The van der Waals surface area contributed by atoms with Crippen LogP contribution in [0.5, 0.6) is 0 Å². The van der Waals surface area contributed by atoms with E-state index in [-0.39, 0.29) is 11.8 Å². The fraction of sp³-hybridized carbons (Fsp3) is 0.261. The smallest absolute Gasteiger partial charge is 0.109 e. The molecule has 2 aromatic heterocycles. The van der Waals surface area contributed by atoms with E-state index in [2.05, 4.69) is 44.8 Å². The van der Waals surface area contributed by atoms with Crippen LogP contribution in [0.1, 0.15) is 61.9 Å². The van der Waals surface area contributed by atoms with Crippen molar-refractivity contribution in [2.45, 2.75) is 39.5 Å². The summed E-state index contributed by atoms with van der Waals surface area (Å²) in [4.78, 5) is 20.4. The van der Waals surface area contributed by atoms with Gasteiger partial charge in [0.15, 0.2) is 0 Å². The minimum Gasteiger partial charge on any atom is -0.253 e. The van der Waals surface area contributed by atoms with Crippen LogP contribution in [-0.2, 0) is 0 Å². The molecule has 4 aromatic rings. The molecule has 1 aliphatic carbocycles. The van der Waals surface area contributed by atoms with Crippen molar-refractivity contribution in [3.8, 4) is 11.3 Å². The van der Waals surface area contributed by atoms with E-state index in [0.717, 1.165) is 60.6 Å². The Balaban J connectivity index is 2.01. The van der Waals surface area contributed by atoms with Gasteiger partial charge >= 0.3 is 0 Å². The Morgan fingerprint density at radius 3 is 1.71 bits per heavy atom. The van der Waals surface area contributed by atoms with Gasteiger partial charge in [-0.25, -0.2) is 9.97 Å². The lowest BCUT2D eigenvalue weighted by Gasteiger charge is -2.18. The first-order valence-corrected chi connectivity index (χ1v) is 10.0. The summed E-state index contributed by atoms with van der Waals surface area (Å²) in [5.74, 6) is 0.492. The maximum Gasteiger partial charge on any atom is 0.109 e. The molecule has 0 N–H and O–H groups in total. The van der Waals surface area contributed by atoms with Crippen molar-refractivity contribution in [3.05, 3.63) is 59.0 Å². The third-order valence-electron chi connectivity index (χ3n) is 5.41. The number of hydrogen-bond acceptors (Lipinski definition) is 5. The molecule has 0 bridgehead atoms. The van der Waals surface area contributed by atoms with E-state index in [1.807, 2.05) is 12.1 Å². The third-order valence-corrected chi connectivity index (χ3v) is 5.82. The topological polar surface area (TPSA) is 51.6 Å². The van der Waals surface area contributed by atoms with Crippen molar-refractivity contribution < 1.29 is 0 Å². The minimum absolute atomic E-state index is 0.243. The van der Waals surface area contributed by atoms with Crippen molar-refractivity contribution in [3.63, 3.8) is 0 Å². The van der Waals surface area contributed by atoms with Crippen molar-refractivity contribution in [1.82, 2.24) is 19.9 Å². The van der Waals surface area contributed by atoms with Crippen LogP contribution in [-0.4, -0.2) is 24.8 Å². The van der Waals surface area contributed by atoms with Gasteiger partial charge in [-0.15, -0.1) is 0 Å². The molecule has 0 fully saturated rings. The third kappa shape index (κ3) is 2.26. The van der Waals surface area contributed by atoms with Crippen molar-refractivity contribution in [2.75, 3.05) is 0 Å². The molecule has 0 saturated heterocycles. The summed E-state index contributed by atoms with van der Waals surface area (Å²) in [5, 5.41) is 0. The summed E-state index contributed by atoms with van der Waals surface area (Å²) in [6.07, 6.45) is 3.51. The normalized spacial score (nSPS) is 13.0. The van der Waals surface area contributed by atoms with Gasteiger partial charge in [0.2, 0.25) is 0 Å². The van der Waals surface area contributed by atoms with Crippen LogP contribution >= 0.6 is 12.2 Å². The minimum atomic E-state index is 0.243. The van der Waals surface area contributed by atoms with Crippen molar-refractivity contribution >= 4 is 39.1 Å². The molecular formula is C23H20N4S. The molecule has 28 heavy (non-hydrogen) atoms. The summed E-state index contributed by atoms with van der Waals surface area (Å²) in [5.41, 5.74) is 9.67. The Labute approximate surface area is 169 Å². The first kappa shape index (κ1) is 17.3. The molecule has 0 unspecified atom stereocenters. The van der Waals surface area contributed by atoms with Crippen LogP contribution in [0.3, 0.4) is 0 Å². The van der Waals surface area contributed by atoms with Crippen LogP contribution in [0, 0.1) is 0 Å². The molecule has 1 aliphatic rings. The van der Waals surface area contributed by atoms with Crippen LogP contribution in [0.15, 0.2) is 36.7 Å². The van der Waals surface area contributed by atoms with E-state index < -0.39 is 0 Å². The number of thiocarbonyl (C=S) groups is 1. The SMILES string of the molecule is CC(C)c1c2nccnc2c(C(C)C)c2nc3c(nc12)C(=S)c1ccccc1-3. The molecule has 0 amide bonds. The first-order valence-electron chi connectivity index (χ1n) is 9.61. The molecule has 5 rings (SSSR count). The fourth-order valence-electron chi connectivity index (χ4n) is 4.22. The second-order valence-corrected chi connectivity index (χ2v) is 8.29. The van der Waals surface area contributed by atoms with E-state index in [9.17, 15) is 0 Å². The lowest BCUT2D eigenvalue weighted by molar-refractivity contribution is 0.860. The average Bonchev–Trinajstić information content (AvgIpc) is 2.96. The molecule has 5 heteroatoms. The van der Waals surface area contributed by atoms with Crippen LogP contribution in [0.2, 0.25) is 0 Å². The second-order valence-electron chi connectivity index (χ2n) is 7.88. The van der Waals surface area contributed by atoms with Crippen molar-refractivity contribution in [2.24, 2.45) is 0 Å². The summed E-state index contributed by atoms with van der Waals surface area (Å²) >= 11 is 5.75. The predicted octanol–water partition coefficient (Wildman–Crippen LogP) is 5.57. The first-order chi connectivity index (χ1) is 13.5. The fourth-order valence-corrected chi connectivity index (χ4v) is 4.54. The highest BCUT2D eigenvalue weighted by Gasteiger charge is 2.30. The quantitative estimate of drug-likeness (QED) is 0.294. The van der Waals surface area contributed by atoms with Gasteiger partial charge in [-0.05, 0) is 11.8 Å². The maximum absolute atomic E-state index is 5.75. The molecule has 2 aromatic carbocycles. The predicted molar refractivity (Wildman–Crippen MR) is 117 cm³/mol. The van der Waals surface area contributed by atoms with Gasteiger partial charge in [-0.2, -0.15) is 0 Å². The Bertz CT molecular complexity index is 1290. The number of hydrogen-bond donors (Lipinski definition) is 0. The lowest BCUT2D eigenvalue weighted by Crippen LogP contribution is -2.07. The Morgan fingerprint density at radius 2 is 1.18 bits per heavy atom. The zero-order valence-electron chi connectivity index (χ0n) is 16.3. The summed E-state index contributed by atoms with van der Waals surface area (Å²) in [6.45, 7) is 8.68. The van der Waals surface area contributed by atoms with Gasteiger partial charge in [0.05, 0.1) is 32.6 Å². The largest absolute Gasteiger partial charge is 0.253 e. The van der Waals surface area contributed by atoms with E-state index in [0.29, 0.717) is 0 Å². The zero-order valence-corrected chi connectivity index (χ0v) is 17.1. The maximum atomic E-state index is 5.75. The van der Waals surface area contributed by atoms with E-state index in [1.54, 1.807) is 12.4 Å². The van der Waals surface area contributed by atoms with Gasteiger partial charge in [-0.3, -0.25) is 9.97 Å². The number of fused-ring (bicyclic) bond motifs is 5. The molecule has 0 atom stereocenters. The number of benzene rings is 2. The molecule has 0 radical (unpaired) electrons. The highest BCUT2D eigenvalue weighted by Crippen LogP contribution is 2.41. The molecule has 138 valence electrons. The molecule has 4 nitrogen and oxygen atoms in total. The molecule has 2 heterocycles. The Kier molecular flexibility index (Phi) is 3.78. The van der Waals surface area contributed by atoms with Gasteiger partial charge in [0.1, 0.15) is 5.69 Å². The highest BCUT2D eigenvalue weighted by molar-refractivity contribution is 7.81. The lowest BCUT2D eigenvalue weighted by atomic mass is 9.91. The monoisotopic (exact) mass is 384 g/mol. The van der Waals surface area contributed by atoms with Gasteiger partial charge in [0, 0.05) is 34.6 Å². The summed E-state index contributed by atoms with van der Waals surface area (Å²) in [6, 6.07) is 8.17. The number of aromatic nitrogens is 4. The molecule has 0 aliphatic heterocycles. The average molecular weight is 385 g/mol. The van der Waals surface area contributed by atoms with Gasteiger partial charge < -0.3 is 0 Å². The summed E-state index contributed by atoms with van der Waals surface area (Å²) < 4.78 is 0. The zero-order chi connectivity index (χ0) is 19.6. The van der Waals surface area contributed by atoms with Crippen LogP contribution < -0.4 is 0 Å². The summed E-state index contributed by atoms with van der Waals surface area (Å²) in [7, 11) is 0. The highest BCUT2D eigenvalue weighted by atomic mass is 32.1. The second kappa shape index (κ2) is 6.11. The van der Waals surface area contributed by atoms with E-state index in [1.165, 1.54) is 0 Å². The number of rotatable bonds is 2. The van der Waals surface area contributed by atoms with Crippen LogP contribution in [0.4, 0.5) is 0 Å². The Hall–Kier alpha value is -2.79. The molecule has 0 spiro atoms. The molecular weight excluding hydrogens is 364 g/mol. The van der Waals surface area contributed by atoms with E-state index >= 15 is 0 Å². The van der Waals surface area contributed by atoms with E-state index in [4.69, 9.17) is 27.2 Å². The van der Waals surface area contributed by atoms with Crippen molar-refractivity contribution in [1.29, 1.82) is 0 Å².